The molecule has 1 aromatic rings. The van der Waals surface area contributed by atoms with Gasteiger partial charge < -0.3 is 25.4 Å². The Kier molecular flexibility index (Phi) is 5.31. The zero-order valence-electron chi connectivity index (χ0n) is 10.8. The van der Waals surface area contributed by atoms with Crippen LogP contribution in [0.25, 0.3) is 0 Å². The van der Waals surface area contributed by atoms with Gasteiger partial charge in [0.1, 0.15) is 5.76 Å². The number of hydrogen-bond donors (Lipinski definition) is 4. The molecule has 1 unspecified atom stereocenters. The minimum Gasteiger partial charge on any atom is -0.479 e. The molecule has 1 rings (SSSR count). The Morgan fingerprint density at radius 1 is 1.37 bits per heavy atom. The van der Waals surface area contributed by atoms with Gasteiger partial charge in [-0.1, -0.05) is 5.16 Å². The highest BCUT2D eigenvalue weighted by molar-refractivity contribution is 5.74. The zero-order chi connectivity index (χ0) is 14.4. The maximum Gasteiger partial charge on any atom is 0.332 e. The summed E-state index contributed by atoms with van der Waals surface area (Å²) in [5, 5.41) is 26.2. The van der Waals surface area contributed by atoms with Gasteiger partial charge in [0.05, 0.1) is 5.69 Å². The third-order valence-corrected chi connectivity index (χ3v) is 2.60. The fourth-order valence-electron chi connectivity index (χ4n) is 1.43. The number of aliphatic hydroxyl groups excluding tert-OH is 1. The molecule has 4 N–H and O–H groups in total. The predicted octanol–water partition coefficient (Wildman–Crippen LogP) is -0.0738. The Bertz CT molecular complexity index is 438. The van der Waals surface area contributed by atoms with Crippen molar-refractivity contribution in [3.05, 3.63) is 17.0 Å². The van der Waals surface area contributed by atoms with E-state index in [-0.39, 0.29) is 19.5 Å². The second-order valence-electron chi connectivity index (χ2n) is 4.05. The first-order chi connectivity index (χ1) is 8.91. The fourth-order valence-corrected chi connectivity index (χ4v) is 1.43. The summed E-state index contributed by atoms with van der Waals surface area (Å²) in [6.45, 7) is 3.86. The molecule has 0 saturated heterocycles. The molecule has 1 atom stereocenters. The second-order valence-corrected chi connectivity index (χ2v) is 4.05. The van der Waals surface area contributed by atoms with Gasteiger partial charge >= 0.3 is 12.0 Å². The molecule has 0 fully saturated rings. The molecule has 8 nitrogen and oxygen atoms in total. The number of aliphatic hydroxyl groups is 1. The van der Waals surface area contributed by atoms with E-state index in [1.807, 2.05) is 0 Å². The topological polar surface area (TPSA) is 125 Å². The maximum absolute atomic E-state index is 11.4. The molecule has 2 amide bonds. The van der Waals surface area contributed by atoms with Crippen LogP contribution in [0.15, 0.2) is 4.52 Å². The number of aromatic nitrogens is 1. The van der Waals surface area contributed by atoms with Crippen LogP contribution in [-0.2, 0) is 11.3 Å². The summed E-state index contributed by atoms with van der Waals surface area (Å²) in [6, 6.07) is -0.447. The third-order valence-electron chi connectivity index (χ3n) is 2.60. The number of carbonyl (C=O) groups excluding carboxylic acids is 1. The molecule has 1 aromatic heterocycles. The summed E-state index contributed by atoms with van der Waals surface area (Å²) in [4.78, 5) is 21.7. The Balaban J connectivity index is 2.27. The normalized spacial score (nSPS) is 11.9. The molecule has 0 aliphatic heterocycles. The summed E-state index contributed by atoms with van der Waals surface area (Å²) in [5.41, 5.74) is 1.51. The predicted molar refractivity (Wildman–Crippen MR) is 64.5 cm³/mol. The molecule has 0 aliphatic rings. The van der Waals surface area contributed by atoms with E-state index in [1.165, 1.54) is 0 Å². The standard InChI is InChI=1S/C11H17N3O5/c1-6-8(7(2)19-14-6)5-13-11(18)12-4-3-9(15)10(16)17/h9,15H,3-5H2,1-2H3,(H,16,17)(H2,12,13,18). The van der Waals surface area contributed by atoms with Crippen LogP contribution in [0.3, 0.4) is 0 Å². The summed E-state index contributed by atoms with van der Waals surface area (Å²) in [5.74, 6) is -0.669. The van der Waals surface area contributed by atoms with Gasteiger partial charge in [0.2, 0.25) is 0 Å². The first-order valence-corrected chi connectivity index (χ1v) is 5.76. The van der Waals surface area contributed by atoms with Crippen LogP contribution in [0.2, 0.25) is 0 Å². The van der Waals surface area contributed by atoms with Gasteiger partial charge in [-0.15, -0.1) is 0 Å². The molecule has 0 saturated carbocycles. The summed E-state index contributed by atoms with van der Waals surface area (Å²) < 4.78 is 4.95. The van der Waals surface area contributed by atoms with Crippen LogP contribution in [0.1, 0.15) is 23.4 Å². The highest BCUT2D eigenvalue weighted by atomic mass is 16.5. The quantitative estimate of drug-likeness (QED) is 0.574. The van der Waals surface area contributed by atoms with E-state index < -0.39 is 18.1 Å². The van der Waals surface area contributed by atoms with Gasteiger partial charge in [0.15, 0.2) is 6.10 Å². The van der Waals surface area contributed by atoms with E-state index in [4.69, 9.17) is 14.7 Å². The van der Waals surface area contributed by atoms with E-state index in [0.29, 0.717) is 11.5 Å². The third kappa shape index (κ3) is 4.59. The molecule has 0 aliphatic carbocycles. The first-order valence-electron chi connectivity index (χ1n) is 5.76. The van der Waals surface area contributed by atoms with Crippen molar-refractivity contribution in [2.75, 3.05) is 6.54 Å². The Morgan fingerprint density at radius 3 is 2.58 bits per heavy atom. The molecule has 19 heavy (non-hydrogen) atoms. The van der Waals surface area contributed by atoms with Crippen molar-refractivity contribution in [2.24, 2.45) is 0 Å². The SMILES string of the molecule is Cc1noc(C)c1CNC(=O)NCCC(O)C(=O)O. The molecular formula is C11H17N3O5. The molecular weight excluding hydrogens is 254 g/mol. The molecule has 0 aromatic carbocycles. The lowest BCUT2D eigenvalue weighted by atomic mass is 10.2. The van der Waals surface area contributed by atoms with Crippen molar-refractivity contribution in [1.82, 2.24) is 15.8 Å². The number of carboxylic acid groups (broad SMARTS) is 1. The van der Waals surface area contributed by atoms with Crippen LogP contribution in [0.4, 0.5) is 4.79 Å². The van der Waals surface area contributed by atoms with Crippen molar-refractivity contribution < 1.29 is 24.3 Å². The van der Waals surface area contributed by atoms with Gasteiger partial charge in [-0.05, 0) is 13.8 Å². The minimum atomic E-state index is -1.47. The second kappa shape index (κ2) is 6.74. The number of aliphatic carboxylic acids is 1. The van der Waals surface area contributed by atoms with Gasteiger partial charge in [0, 0.05) is 25.1 Å². The highest BCUT2D eigenvalue weighted by Gasteiger charge is 2.13. The smallest absolute Gasteiger partial charge is 0.332 e. The zero-order valence-corrected chi connectivity index (χ0v) is 10.8. The van der Waals surface area contributed by atoms with Crippen molar-refractivity contribution in [3.63, 3.8) is 0 Å². The van der Waals surface area contributed by atoms with E-state index in [9.17, 15) is 9.59 Å². The van der Waals surface area contributed by atoms with E-state index in [1.54, 1.807) is 13.8 Å². The minimum absolute atomic E-state index is 0.0475. The van der Waals surface area contributed by atoms with Crippen LogP contribution in [-0.4, -0.2) is 40.0 Å². The average Bonchev–Trinajstić information content (AvgIpc) is 2.66. The highest BCUT2D eigenvalue weighted by Crippen LogP contribution is 2.11. The largest absolute Gasteiger partial charge is 0.479 e. The number of rotatable bonds is 6. The molecule has 1 heterocycles. The summed E-state index contributed by atoms with van der Waals surface area (Å²) in [7, 11) is 0. The van der Waals surface area contributed by atoms with Gasteiger partial charge in [0.25, 0.3) is 0 Å². The van der Waals surface area contributed by atoms with Crippen LogP contribution >= 0.6 is 0 Å². The number of nitrogens with zero attached hydrogens (tertiary/aromatic N) is 1. The van der Waals surface area contributed by atoms with E-state index in [0.717, 1.165) is 5.56 Å². The van der Waals surface area contributed by atoms with Crippen LogP contribution < -0.4 is 10.6 Å². The van der Waals surface area contributed by atoms with Gasteiger partial charge in [-0.25, -0.2) is 9.59 Å². The monoisotopic (exact) mass is 271 g/mol. The maximum atomic E-state index is 11.4. The van der Waals surface area contributed by atoms with Crippen LogP contribution in [0, 0.1) is 13.8 Å². The van der Waals surface area contributed by atoms with Crippen molar-refractivity contribution >= 4 is 12.0 Å². The molecule has 0 bridgehead atoms. The average molecular weight is 271 g/mol. The number of hydrogen-bond acceptors (Lipinski definition) is 5. The summed E-state index contributed by atoms with van der Waals surface area (Å²) in [6.07, 6.45) is -1.52. The molecule has 0 radical (unpaired) electrons. The number of nitrogens with one attached hydrogen (secondary N) is 2. The van der Waals surface area contributed by atoms with E-state index in [2.05, 4.69) is 15.8 Å². The van der Waals surface area contributed by atoms with Crippen LogP contribution in [0.5, 0.6) is 0 Å². The number of carboxylic acids is 1. The number of carbonyl (C=O) groups is 2. The first kappa shape index (κ1) is 15.0. The lowest BCUT2D eigenvalue weighted by molar-refractivity contribution is -0.146. The van der Waals surface area contributed by atoms with Crippen molar-refractivity contribution in [1.29, 1.82) is 0 Å². The Morgan fingerprint density at radius 2 is 2.05 bits per heavy atom. The lowest BCUT2D eigenvalue weighted by Gasteiger charge is -2.08. The number of amides is 2. The molecule has 0 spiro atoms. The molecule has 8 heteroatoms. The van der Waals surface area contributed by atoms with Crippen molar-refractivity contribution in [2.45, 2.75) is 32.9 Å². The number of aryl methyl sites for hydroxylation is 2. The Hall–Kier alpha value is -2.09. The van der Waals surface area contributed by atoms with Gasteiger partial charge in [-0.2, -0.15) is 0 Å². The van der Waals surface area contributed by atoms with Gasteiger partial charge in [-0.3, -0.25) is 0 Å². The lowest BCUT2D eigenvalue weighted by Crippen LogP contribution is -2.37. The molecule has 106 valence electrons. The Labute approximate surface area is 109 Å². The number of urea groups is 1. The van der Waals surface area contributed by atoms with E-state index >= 15 is 0 Å². The fraction of sp³-hybridized carbons (Fsp3) is 0.545. The summed E-state index contributed by atoms with van der Waals surface area (Å²) >= 11 is 0. The van der Waals surface area contributed by atoms with Crippen molar-refractivity contribution in [3.8, 4) is 0 Å².